The Kier molecular flexibility index (Phi) is 5.04. The van der Waals surface area contributed by atoms with Gasteiger partial charge < -0.3 is 10.1 Å². The van der Waals surface area contributed by atoms with Gasteiger partial charge in [0.05, 0.1) is 6.10 Å². The van der Waals surface area contributed by atoms with E-state index >= 15 is 0 Å². The van der Waals surface area contributed by atoms with Gasteiger partial charge in [0, 0.05) is 23.6 Å². The summed E-state index contributed by atoms with van der Waals surface area (Å²) in [5.41, 5.74) is 1.33. The van der Waals surface area contributed by atoms with Gasteiger partial charge in [0.1, 0.15) is 0 Å². The average Bonchev–Trinajstić information content (AvgIpc) is 2.86. The Morgan fingerprint density at radius 1 is 1.39 bits per heavy atom. The fourth-order valence-electron chi connectivity index (χ4n) is 2.89. The lowest BCUT2D eigenvalue weighted by Gasteiger charge is -2.27. The number of hydrogen-bond acceptors (Lipinski definition) is 2. The van der Waals surface area contributed by atoms with E-state index in [2.05, 4.69) is 24.4 Å². The van der Waals surface area contributed by atoms with Crippen molar-refractivity contribution in [3.63, 3.8) is 0 Å². The van der Waals surface area contributed by atoms with Crippen LogP contribution in [0.3, 0.4) is 0 Å². The van der Waals surface area contributed by atoms with E-state index in [4.69, 9.17) is 16.3 Å². The smallest absolute Gasteiger partial charge is 0.0616 e. The van der Waals surface area contributed by atoms with E-state index in [-0.39, 0.29) is 0 Å². The Labute approximate surface area is 115 Å². The van der Waals surface area contributed by atoms with Gasteiger partial charge >= 0.3 is 0 Å². The van der Waals surface area contributed by atoms with Crippen LogP contribution in [0.2, 0.25) is 5.02 Å². The van der Waals surface area contributed by atoms with Crippen molar-refractivity contribution < 1.29 is 4.74 Å². The minimum absolute atomic E-state index is 0.412. The highest BCUT2D eigenvalue weighted by molar-refractivity contribution is 6.30. The van der Waals surface area contributed by atoms with Crippen molar-refractivity contribution in [2.75, 3.05) is 13.7 Å². The molecule has 18 heavy (non-hydrogen) atoms. The molecule has 2 nitrogen and oxygen atoms in total. The zero-order chi connectivity index (χ0) is 13.0. The number of benzene rings is 1. The molecule has 3 unspecified atom stereocenters. The number of halogens is 1. The maximum Gasteiger partial charge on any atom is 0.0616 e. The van der Waals surface area contributed by atoms with Crippen molar-refractivity contribution in [1.29, 1.82) is 0 Å². The van der Waals surface area contributed by atoms with E-state index in [1.165, 1.54) is 5.56 Å². The molecular weight excluding hydrogens is 246 g/mol. The topological polar surface area (TPSA) is 21.3 Å². The first-order valence-electron chi connectivity index (χ1n) is 6.78. The number of nitrogens with one attached hydrogen (secondary N) is 1. The molecule has 1 aliphatic rings. The third-order valence-electron chi connectivity index (χ3n) is 3.92. The van der Waals surface area contributed by atoms with Gasteiger partial charge in [0.2, 0.25) is 0 Å². The number of hydrogen-bond donors (Lipinski definition) is 1. The van der Waals surface area contributed by atoms with Gasteiger partial charge in [-0.25, -0.2) is 0 Å². The second-order valence-corrected chi connectivity index (χ2v) is 5.43. The number of rotatable bonds is 5. The molecule has 0 aliphatic carbocycles. The largest absolute Gasteiger partial charge is 0.378 e. The lowest BCUT2D eigenvalue weighted by Crippen LogP contribution is -2.39. The molecule has 0 spiro atoms. The van der Waals surface area contributed by atoms with Gasteiger partial charge in [-0.2, -0.15) is 0 Å². The van der Waals surface area contributed by atoms with Crippen LogP contribution in [0, 0.1) is 5.92 Å². The van der Waals surface area contributed by atoms with Crippen LogP contribution in [0.4, 0.5) is 0 Å². The minimum Gasteiger partial charge on any atom is -0.378 e. The van der Waals surface area contributed by atoms with Crippen molar-refractivity contribution in [2.45, 2.75) is 38.3 Å². The summed E-state index contributed by atoms with van der Waals surface area (Å²) in [5, 5.41) is 4.26. The Hall–Kier alpha value is -0.570. The van der Waals surface area contributed by atoms with Crippen molar-refractivity contribution in [1.82, 2.24) is 5.32 Å². The summed E-state index contributed by atoms with van der Waals surface area (Å²) >= 11 is 5.92. The standard InChI is InChI=1S/C15H22ClNO/c1-3-15-13(8-9-18-15)14(17-2)10-11-4-6-12(16)7-5-11/h4-7,13-15,17H,3,8-10H2,1-2H3. The molecule has 1 fully saturated rings. The Balaban J connectivity index is 2.02. The second-order valence-electron chi connectivity index (χ2n) is 5.00. The molecule has 0 aromatic heterocycles. The highest BCUT2D eigenvalue weighted by Crippen LogP contribution is 2.28. The summed E-state index contributed by atoms with van der Waals surface area (Å²) in [6.45, 7) is 3.11. The fourth-order valence-corrected chi connectivity index (χ4v) is 3.01. The number of ether oxygens (including phenoxy) is 1. The van der Waals surface area contributed by atoms with Gasteiger partial charge in [-0.05, 0) is 44.0 Å². The first kappa shape index (κ1) is 13.9. The van der Waals surface area contributed by atoms with Crippen LogP contribution in [0.15, 0.2) is 24.3 Å². The molecule has 1 N–H and O–H groups in total. The van der Waals surface area contributed by atoms with E-state index in [0.29, 0.717) is 18.1 Å². The third-order valence-corrected chi connectivity index (χ3v) is 4.17. The highest BCUT2D eigenvalue weighted by Gasteiger charge is 2.32. The van der Waals surface area contributed by atoms with Gasteiger partial charge in [-0.1, -0.05) is 30.7 Å². The monoisotopic (exact) mass is 267 g/mol. The Morgan fingerprint density at radius 2 is 2.11 bits per heavy atom. The molecule has 0 saturated carbocycles. The van der Waals surface area contributed by atoms with Crippen LogP contribution < -0.4 is 5.32 Å². The van der Waals surface area contributed by atoms with Crippen LogP contribution in [-0.4, -0.2) is 25.8 Å². The van der Waals surface area contributed by atoms with E-state index in [9.17, 15) is 0 Å². The average molecular weight is 268 g/mol. The molecule has 3 atom stereocenters. The first-order chi connectivity index (χ1) is 8.74. The molecule has 1 heterocycles. The molecular formula is C15H22ClNO. The van der Waals surface area contributed by atoms with Gasteiger partial charge in [-0.15, -0.1) is 0 Å². The van der Waals surface area contributed by atoms with Gasteiger partial charge in [0.25, 0.3) is 0 Å². The molecule has 0 amide bonds. The third kappa shape index (κ3) is 3.25. The van der Waals surface area contributed by atoms with Crippen LogP contribution in [0.1, 0.15) is 25.3 Å². The maximum atomic E-state index is 5.92. The SMILES string of the molecule is CCC1OCCC1C(Cc1ccc(Cl)cc1)NC. The predicted molar refractivity (Wildman–Crippen MR) is 76.1 cm³/mol. The van der Waals surface area contributed by atoms with Crippen molar-refractivity contribution in [3.8, 4) is 0 Å². The molecule has 1 aromatic rings. The molecule has 3 heteroatoms. The second kappa shape index (κ2) is 6.55. The molecule has 100 valence electrons. The Bertz CT molecular complexity index is 365. The van der Waals surface area contributed by atoms with E-state index in [1.54, 1.807) is 0 Å². The van der Waals surface area contributed by atoms with Crippen LogP contribution in [0.25, 0.3) is 0 Å². The van der Waals surface area contributed by atoms with E-state index < -0.39 is 0 Å². The van der Waals surface area contributed by atoms with Crippen LogP contribution in [0.5, 0.6) is 0 Å². The zero-order valence-electron chi connectivity index (χ0n) is 11.2. The number of likely N-dealkylation sites (N-methyl/N-ethyl adjacent to an activating group) is 1. The minimum atomic E-state index is 0.412. The first-order valence-corrected chi connectivity index (χ1v) is 7.15. The van der Waals surface area contributed by atoms with Crippen molar-refractivity contribution in [3.05, 3.63) is 34.9 Å². The molecule has 1 aliphatic heterocycles. The predicted octanol–water partition coefficient (Wildman–Crippen LogP) is 3.29. The van der Waals surface area contributed by atoms with Crippen molar-refractivity contribution in [2.24, 2.45) is 5.92 Å². The zero-order valence-corrected chi connectivity index (χ0v) is 11.9. The fraction of sp³-hybridized carbons (Fsp3) is 0.600. The summed E-state index contributed by atoms with van der Waals surface area (Å²) < 4.78 is 5.79. The summed E-state index contributed by atoms with van der Waals surface area (Å²) in [6, 6.07) is 8.64. The molecule has 1 saturated heterocycles. The maximum absolute atomic E-state index is 5.92. The summed E-state index contributed by atoms with van der Waals surface area (Å²) in [5.74, 6) is 0.621. The van der Waals surface area contributed by atoms with E-state index in [0.717, 1.165) is 30.9 Å². The Morgan fingerprint density at radius 3 is 2.72 bits per heavy atom. The summed E-state index contributed by atoms with van der Waals surface area (Å²) in [6.07, 6.45) is 3.72. The highest BCUT2D eigenvalue weighted by atomic mass is 35.5. The molecule has 2 rings (SSSR count). The molecule has 0 radical (unpaired) electrons. The van der Waals surface area contributed by atoms with E-state index in [1.807, 2.05) is 19.2 Å². The lowest BCUT2D eigenvalue weighted by atomic mass is 9.87. The van der Waals surface area contributed by atoms with Crippen LogP contribution in [-0.2, 0) is 11.2 Å². The summed E-state index contributed by atoms with van der Waals surface area (Å²) in [7, 11) is 2.05. The quantitative estimate of drug-likeness (QED) is 0.884. The molecule has 0 bridgehead atoms. The van der Waals surface area contributed by atoms with Gasteiger partial charge in [-0.3, -0.25) is 0 Å². The summed E-state index contributed by atoms with van der Waals surface area (Å²) in [4.78, 5) is 0. The van der Waals surface area contributed by atoms with Crippen LogP contribution >= 0.6 is 11.6 Å². The van der Waals surface area contributed by atoms with Gasteiger partial charge in [0.15, 0.2) is 0 Å². The normalized spacial score (nSPS) is 25.3. The van der Waals surface area contributed by atoms with Crippen molar-refractivity contribution >= 4 is 11.6 Å². The lowest BCUT2D eigenvalue weighted by molar-refractivity contribution is 0.0783. The molecule has 1 aromatic carbocycles.